The van der Waals surface area contributed by atoms with Crippen molar-refractivity contribution in [2.24, 2.45) is 11.8 Å². The summed E-state index contributed by atoms with van der Waals surface area (Å²) in [7, 11) is 0. The lowest BCUT2D eigenvalue weighted by Gasteiger charge is -2.59. The Morgan fingerprint density at radius 2 is 0.872 bits per heavy atom. The summed E-state index contributed by atoms with van der Waals surface area (Å²) in [5, 5.41) is 25.2. The monoisotopic (exact) mass is 538 g/mol. The Kier molecular flexibility index (Phi) is 3.81. The maximum absolute atomic E-state index is 12.6. The van der Waals surface area contributed by atoms with Crippen molar-refractivity contribution in [1.29, 1.82) is 0 Å². The maximum Gasteiger partial charge on any atom is 0.109 e. The first-order chi connectivity index (χ1) is 18.5. The van der Waals surface area contributed by atoms with Gasteiger partial charge in [-0.2, -0.15) is 11.8 Å². The summed E-state index contributed by atoms with van der Waals surface area (Å²) in [6, 6.07) is 0. The van der Waals surface area contributed by atoms with Gasteiger partial charge < -0.3 is 10.2 Å². The number of hydrogen-bond acceptors (Lipinski definition) is 3. The van der Waals surface area contributed by atoms with Gasteiger partial charge >= 0.3 is 0 Å². The second-order valence-electron chi connectivity index (χ2n) is 15.9. The number of aliphatic hydroxyl groups is 2. The number of fused-ring (bicyclic) bond motifs is 14. The highest BCUT2D eigenvalue weighted by molar-refractivity contribution is 7.99. The van der Waals surface area contributed by atoms with Crippen molar-refractivity contribution in [1.82, 2.24) is 0 Å². The van der Waals surface area contributed by atoms with E-state index < -0.39 is 11.2 Å². The molecule has 0 amide bonds. The fraction of sp³-hybridized carbons (Fsp3) is 0.667. The van der Waals surface area contributed by atoms with Crippen LogP contribution in [0.25, 0.3) is 0 Å². The van der Waals surface area contributed by atoms with Crippen LogP contribution in [0.2, 0.25) is 0 Å². The van der Waals surface area contributed by atoms with Crippen molar-refractivity contribution < 1.29 is 10.2 Å². The second-order valence-corrected chi connectivity index (χ2v) is 16.8. The number of rotatable bonds is 4. The molecule has 2 aromatic rings. The summed E-state index contributed by atoms with van der Waals surface area (Å²) >= 11 is 1.87. The summed E-state index contributed by atoms with van der Waals surface area (Å²) < 4.78 is 0. The third kappa shape index (κ3) is 2.05. The van der Waals surface area contributed by atoms with E-state index in [1.807, 2.05) is 11.8 Å². The summed E-state index contributed by atoms with van der Waals surface area (Å²) in [5.41, 5.74) is 17.2. The lowest BCUT2D eigenvalue weighted by Crippen LogP contribution is -2.59. The molecule has 3 heteroatoms. The second kappa shape index (κ2) is 6.37. The predicted molar refractivity (Wildman–Crippen MR) is 157 cm³/mol. The summed E-state index contributed by atoms with van der Waals surface area (Å²) in [5.74, 6) is 5.20. The molecular weight excluding hydrogens is 496 g/mol. The Balaban J connectivity index is 1.03. The molecule has 0 bridgehead atoms. The lowest BCUT2D eigenvalue weighted by atomic mass is 9.49. The Labute approximate surface area is 237 Å². The minimum absolute atomic E-state index is 0.0236. The third-order valence-corrected chi connectivity index (χ3v) is 15.3. The first-order valence-electron chi connectivity index (χ1n) is 16.0. The van der Waals surface area contributed by atoms with Gasteiger partial charge in [-0.05, 0) is 141 Å². The van der Waals surface area contributed by atoms with Gasteiger partial charge in [0.15, 0.2) is 0 Å². The van der Waals surface area contributed by atoms with E-state index in [0.717, 1.165) is 37.2 Å². The molecule has 0 aromatic heterocycles. The van der Waals surface area contributed by atoms with E-state index in [0.29, 0.717) is 35.5 Å². The van der Waals surface area contributed by atoms with Gasteiger partial charge in [0, 0.05) is 22.3 Å². The fourth-order valence-electron chi connectivity index (χ4n) is 12.1. The van der Waals surface area contributed by atoms with Gasteiger partial charge in [0.2, 0.25) is 0 Å². The molecule has 2 aromatic carbocycles. The molecule has 2 saturated carbocycles. The first kappa shape index (κ1) is 23.3. The van der Waals surface area contributed by atoms with Crippen LogP contribution < -0.4 is 0 Å². The van der Waals surface area contributed by atoms with Crippen LogP contribution in [-0.4, -0.2) is 21.7 Å². The van der Waals surface area contributed by atoms with Crippen LogP contribution in [0.3, 0.4) is 0 Å². The molecule has 2 nitrogen and oxygen atoms in total. The summed E-state index contributed by atoms with van der Waals surface area (Å²) in [6.07, 6.45) is 7.03. The maximum atomic E-state index is 12.6. The molecule has 10 unspecified atom stereocenters. The predicted octanol–water partition coefficient (Wildman–Crippen LogP) is 6.72. The molecular formula is C36H42O2S. The average molecular weight is 539 g/mol. The molecule has 2 N–H and O–H groups in total. The van der Waals surface area contributed by atoms with E-state index in [1.54, 1.807) is 44.5 Å². The van der Waals surface area contributed by atoms with Crippen molar-refractivity contribution in [3.63, 3.8) is 0 Å². The van der Waals surface area contributed by atoms with Gasteiger partial charge in [-0.15, -0.1) is 0 Å². The van der Waals surface area contributed by atoms with Crippen molar-refractivity contribution in [2.45, 2.75) is 126 Å². The van der Waals surface area contributed by atoms with Crippen LogP contribution in [0.5, 0.6) is 0 Å². The topological polar surface area (TPSA) is 40.5 Å². The van der Waals surface area contributed by atoms with Crippen molar-refractivity contribution >= 4 is 11.8 Å². The number of hydrogen-bond donors (Lipinski definition) is 2. The lowest BCUT2D eigenvalue weighted by molar-refractivity contribution is -0.0250. The van der Waals surface area contributed by atoms with E-state index in [9.17, 15) is 10.2 Å². The van der Waals surface area contributed by atoms with E-state index in [1.165, 1.54) is 35.1 Å². The smallest absolute Gasteiger partial charge is 0.109 e. The van der Waals surface area contributed by atoms with E-state index >= 15 is 0 Å². The molecule has 2 spiro atoms. The van der Waals surface area contributed by atoms with Gasteiger partial charge in [0.05, 0.1) is 0 Å². The Hall–Kier alpha value is -1.29. The van der Waals surface area contributed by atoms with Crippen LogP contribution in [0.4, 0.5) is 0 Å². The van der Waals surface area contributed by atoms with Crippen LogP contribution in [-0.2, 0) is 47.7 Å². The Bertz CT molecular complexity index is 1490. The molecule has 10 atom stereocenters. The van der Waals surface area contributed by atoms with E-state index in [4.69, 9.17) is 0 Å². The molecule has 39 heavy (non-hydrogen) atoms. The van der Waals surface area contributed by atoms with E-state index in [2.05, 4.69) is 41.5 Å². The van der Waals surface area contributed by atoms with Crippen molar-refractivity contribution in [2.75, 3.05) is 11.5 Å². The zero-order chi connectivity index (χ0) is 26.8. The highest BCUT2D eigenvalue weighted by atomic mass is 32.2. The van der Waals surface area contributed by atoms with Crippen LogP contribution in [0, 0.1) is 11.8 Å². The van der Waals surface area contributed by atoms with Gasteiger partial charge in [-0.25, -0.2) is 0 Å². The average Bonchev–Trinajstić information content (AvgIpc) is 3.76. The zero-order valence-electron chi connectivity index (χ0n) is 24.4. The first-order valence-corrected chi connectivity index (χ1v) is 17.2. The Morgan fingerprint density at radius 1 is 0.538 bits per heavy atom. The molecule has 0 saturated heterocycles. The molecule has 8 aliphatic rings. The molecule has 10 rings (SSSR count). The molecule has 0 aliphatic heterocycles. The molecule has 204 valence electrons. The Morgan fingerprint density at radius 3 is 1.18 bits per heavy atom. The van der Waals surface area contributed by atoms with Crippen LogP contribution in [0.1, 0.15) is 145 Å². The number of thioether (sulfide) groups is 1. The molecule has 8 aliphatic carbocycles. The molecule has 0 radical (unpaired) electrons. The van der Waals surface area contributed by atoms with Crippen molar-refractivity contribution in [3.05, 3.63) is 66.8 Å². The minimum atomic E-state index is -0.721. The highest BCUT2D eigenvalue weighted by Gasteiger charge is 2.78. The fourth-order valence-corrected chi connectivity index (χ4v) is 13.6. The quantitative estimate of drug-likeness (QED) is 0.454. The standard InChI is InChI=1S/C36H42O2S/c1-15-9-23-25(15)21-7-17(3)27(21)31-29(23)35(37,33(31)11-19(33)5)13-39-14-36(38)30-24-10-16(2)26(24)22-8-18(4)28(22)32(30)34(36)12-20(34)6/h15-20,37-38H,7-14H2,1-6H3. The SMILES string of the molecule is CC1Cc2c1c1c(c3c2C(O)(CSCC2(O)c4c5c(c6c(c4C24CC4C)C(C)C6)C(C)C5)C32CC2C)C(C)C1. The molecule has 0 heterocycles. The van der Waals surface area contributed by atoms with Gasteiger partial charge in [-0.1, -0.05) is 41.5 Å². The zero-order valence-corrected chi connectivity index (χ0v) is 25.2. The normalized spacial score (nSPS) is 47.1. The van der Waals surface area contributed by atoms with Gasteiger partial charge in [-0.3, -0.25) is 0 Å². The van der Waals surface area contributed by atoms with Crippen LogP contribution in [0.15, 0.2) is 0 Å². The van der Waals surface area contributed by atoms with Crippen molar-refractivity contribution in [3.8, 4) is 0 Å². The summed E-state index contributed by atoms with van der Waals surface area (Å²) in [4.78, 5) is 0. The van der Waals surface area contributed by atoms with E-state index in [-0.39, 0.29) is 10.8 Å². The minimum Gasteiger partial charge on any atom is -0.383 e. The van der Waals surface area contributed by atoms with Gasteiger partial charge in [0.25, 0.3) is 0 Å². The number of benzene rings is 2. The highest BCUT2D eigenvalue weighted by Crippen LogP contribution is 2.79. The summed E-state index contributed by atoms with van der Waals surface area (Å²) in [6.45, 7) is 14.3. The molecule has 2 fully saturated rings. The largest absolute Gasteiger partial charge is 0.383 e. The van der Waals surface area contributed by atoms with Gasteiger partial charge in [0.1, 0.15) is 11.2 Å². The third-order valence-electron chi connectivity index (χ3n) is 14.0. The van der Waals surface area contributed by atoms with Crippen LogP contribution >= 0.6 is 11.8 Å².